The number of nitrogens with zero attached hydrogens (tertiary/aromatic N) is 4. The maximum absolute atomic E-state index is 12.6. The van der Waals surface area contributed by atoms with Gasteiger partial charge in [-0.05, 0) is 30.8 Å². The number of para-hydroxylation sites is 2. The Hall–Kier alpha value is -3.34. The van der Waals surface area contributed by atoms with E-state index in [1.54, 1.807) is 35.0 Å². The molecule has 1 aliphatic heterocycles. The zero-order valence-corrected chi connectivity index (χ0v) is 17.4. The van der Waals surface area contributed by atoms with Gasteiger partial charge in [-0.25, -0.2) is 0 Å². The van der Waals surface area contributed by atoms with Crippen molar-refractivity contribution in [3.05, 3.63) is 64.2 Å². The predicted molar refractivity (Wildman–Crippen MR) is 111 cm³/mol. The first-order chi connectivity index (χ1) is 15.1. The summed E-state index contributed by atoms with van der Waals surface area (Å²) < 4.78 is 40.6. The third kappa shape index (κ3) is 6.33. The second kappa shape index (κ2) is 9.86. The first-order valence-corrected chi connectivity index (χ1v) is 9.92. The fourth-order valence-corrected chi connectivity index (χ4v) is 3.58. The van der Waals surface area contributed by atoms with Gasteiger partial charge in [0.05, 0.1) is 11.5 Å². The van der Waals surface area contributed by atoms with Gasteiger partial charge in [0.1, 0.15) is 11.4 Å². The molecule has 0 aliphatic carbocycles. The SMILES string of the molecule is CN(CC(=O)N1CCN(c2ccccc2[N+](=O)[O-])CC1)Cc1ccc(OC(F)(F)F)cc1. The van der Waals surface area contributed by atoms with E-state index in [-0.39, 0.29) is 23.9 Å². The highest BCUT2D eigenvalue weighted by atomic mass is 19.4. The van der Waals surface area contributed by atoms with Crippen LogP contribution in [0.3, 0.4) is 0 Å². The van der Waals surface area contributed by atoms with Crippen LogP contribution in [0.15, 0.2) is 48.5 Å². The van der Waals surface area contributed by atoms with Crippen LogP contribution in [0, 0.1) is 10.1 Å². The Labute approximate surface area is 182 Å². The third-order valence-electron chi connectivity index (χ3n) is 5.07. The summed E-state index contributed by atoms with van der Waals surface area (Å²) in [6, 6.07) is 12.0. The number of likely N-dealkylation sites (N-methyl/N-ethyl adjacent to an activating group) is 1. The summed E-state index contributed by atoms with van der Waals surface area (Å²) in [5.41, 5.74) is 1.33. The quantitative estimate of drug-likeness (QED) is 0.474. The Morgan fingerprint density at radius 1 is 1.09 bits per heavy atom. The van der Waals surface area contributed by atoms with Crippen molar-refractivity contribution in [2.24, 2.45) is 0 Å². The van der Waals surface area contributed by atoms with Gasteiger partial charge in [0.2, 0.25) is 5.91 Å². The molecule has 172 valence electrons. The van der Waals surface area contributed by atoms with Crippen LogP contribution in [0.4, 0.5) is 24.5 Å². The van der Waals surface area contributed by atoms with E-state index in [0.717, 1.165) is 5.56 Å². The van der Waals surface area contributed by atoms with Crippen LogP contribution in [-0.2, 0) is 11.3 Å². The molecule has 0 spiro atoms. The number of nitro benzene ring substituents is 1. The van der Waals surface area contributed by atoms with E-state index in [4.69, 9.17) is 0 Å². The maximum Gasteiger partial charge on any atom is 0.573 e. The van der Waals surface area contributed by atoms with Crippen LogP contribution < -0.4 is 9.64 Å². The lowest BCUT2D eigenvalue weighted by molar-refractivity contribution is -0.384. The van der Waals surface area contributed by atoms with Gasteiger partial charge in [-0.15, -0.1) is 13.2 Å². The molecule has 11 heteroatoms. The Bertz CT molecular complexity index is 945. The van der Waals surface area contributed by atoms with Gasteiger partial charge in [0.15, 0.2) is 0 Å². The molecule has 32 heavy (non-hydrogen) atoms. The molecule has 3 rings (SSSR count). The largest absolute Gasteiger partial charge is 0.573 e. The molecule has 2 aromatic carbocycles. The Balaban J connectivity index is 1.49. The molecule has 1 amide bonds. The van der Waals surface area contributed by atoms with Gasteiger partial charge in [-0.1, -0.05) is 24.3 Å². The molecule has 0 aromatic heterocycles. The summed E-state index contributed by atoms with van der Waals surface area (Å²) in [6.45, 7) is 2.40. The summed E-state index contributed by atoms with van der Waals surface area (Å²) in [7, 11) is 1.75. The van der Waals surface area contributed by atoms with Crippen LogP contribution in [0.1, 0.15) is 5.56 Å². The lowest BCUT2D eigenvalue weighted by Gasteiger charge is -2.36. The number of benzene rings is 2. The van der Waals surface area contributed by atoms with Crippen LogP contribution in [0.2, 0.25) is 0 Å². The first kappa shape index (κ1) is 23.3. The van der Waals surface area contributed by atoms with Gasteiger partial charge in [0.25, 0.3) is 5.69 Å². The number of piperazine rings is 1. The van der Waals surface area contributed by atoms with Gasteiger partial charge in [-0.3, -0.25) is 19.8 Å². The molecule has 1 aliphatic rings. The second-order valence-electron chi connectivity index (χ2n) is 7.48. The maximum atomic E-state index is 12.6. The molecule has 1 saturated heterocycles. The van der Waals surface area contributed by atoms with Crippen molar-refractivity contribution >= 4 is 17.3 Å². The molecule has 0 N–H and O–H groups in total. The standard InChI is InChI=1S/C21H23F3N4O4/c1-25(14-16-6-8-17(9-7-16)32-21(22,23)24)15-20(29)27-12-10-26(11-13-27)18-4-2-3-5-19(18)28(30)31/h2-9H,10-15H2,1H3. The van der Waals surface area contributed by atoms with Crippen molar-refractivity contribution in [2.45, 2.75) is 12.9 Å². The van der Waals surface area contributed by atoms with Gasteiger partial charge >= 0.3 is 6.36 Å². The molecule has 0 bridgehead atoms. The summed E-state index contributed by atoms with van der Waals surface area (Å²) in [4.78, 5) is 28.9. The monoisotopic (exact) mass is 452 g/mol. The summed E-state index contributed by atoms with van der Waals surface area (Å²) in [6.07, 6.45) is -4.74. The van der Waals surface area contributed by atoms with Crippen molar-refractivity contribution in [1.29, 1.82) is 0 Å². The highest BCUT2D eigenvalue weighted by Crippen LogP contribution is 2.28. The number of nitro groups is 1. The number of carbonyl (C=O) groups is 1. The summed E-state index contributed by atoms with van der Waals surface area (Å²) in [5.74, 6) is -0.372. The number of rotatable bonds is 7. The van der Waals surface area contributed by atoms with Crippen LogP contribution in [-0.4, -0.2) is 66.8 Å². The van der Waals surface area contributed by atoms with Crippen molar-refractivity contribution in [3.8, 4) is 5.75 Å². The van der Waals surface area contributed by atoms with E-state index < -0.39 is 11.3 Å². The average Bonchev–Trinajstić information content (AvgIpc) is 2.74. The number of hydrogen-bond acceptors (Lipinski definition) is 6. The third-order valence-corrected chi connectivity index (χ3v) is 5.07. The number of halogens is 3. The molecule has 0 radical (unpaired) electrons. The smallest absolute Gasteiger partial charge is 0.406 e. The van der Waals surface area contributed by atoms with Gasteiger partial charge in [0, 0.05) is 38.8 Å². The Morgan fingerprint density at radius 3 is 2.31 bits per heavy atom. The first-order valence-electron chi connectivity index (χ1n) is 9.92. The highest BCUT2D eigenvalue weighted by molar-refractivity contribution is 5.78. The number of hydrogen-bond donors (Lipinski definition) is 0. The van der Waals surface area contributed by atoms with E-state index in [0.29, 0.717) is 38.4 Å². The minimum Gasteiger partial charge on any atom is -0.406 e. The van der Waals surface area contributed by atoms with Gasteiger partial charge in [-0.2, -0.15) is 0 Å². The fraction of sp³-hybridized carbons (Fsp3) is 0.381. The van der Waals surface area contributed by atoms with Crippen molar-refractivity contribution in [2.75, 3.05) is 44.7 Å². The molecule has 1 heterocycles. The molecular weight excluding hydrogens is 429 g/mol. The van der Waals surface area contributed by atoms with Crippen molar-refractivity contribution in [1.82, 2.24) is 9.80 Å². The van der Waals surface area contributed by atoms with E-state index >= 15 is 0 Å². The number of amides is 1. The number of ether oxygens (including phenoxy) is 1. The lowest BCUT2D eigenvalue weighted by Crippen LogP contribution is -2.51. The number of anilines is 1. The topological polar surface area (TPSA) is 79.2 Å². The second-order valence-corrected chi connectivity index (χ2v) is 7.48. The molecule has 0 saturated carbocycles. The Morgan fingerprint density at radius 2 is 1.72 bits per heavy atom. The molecular formula is C21H23F3N4O4. The fourth-order valence-electron chi connectivity index (χ4n) is 3.58. The number of alkyl halides is 3. The average molecular weight is 452 g/mol. The minimum absolute atomic E-state index is 0.0404. The van der Waals surface area contributed by atoms with E-state index in [1.165, 1.54) is 30.3 Å². The van der Waals surface area contributed by atoms with E-state index in [2.05, 4.69) is 4.74 Å². The van der Waals surface area contributed by atoms with E-state index in [1.807, 2.05) is 4.90 Å². The summed E-state index contributed by atoms with van der Waals surface area (Å²) >= 11 is 0. The normalized spacial score (nSPS) is 14.5. The zero-order valence-electron chi connectivity index (χ0n) is 17.4. The zero-order chi connectivity index (χ0) is 23.3. The van der Waals surface area contributed by atoms with Crippen molar-refractivity contribution < 1.29 is 27.6 Å². The van der Waals surface area contributed by atoms with Crippen LogP contribution >= 0.6 is 0 Å². The van der Waals surface area contributed by atoms with Crippen molar-refractivity contribution in [3.63, 3.8) is 0 Å². The minimum atomic E-state index is -4.74. The summed E-state index contributed by atoms with van der Waals surface area (Å²) in [5, 5.41) is 11.2. The molecule has 0 unspecified atom stereocenters. The lowest BCUT2D eigenvalue weighted by atomic mass is 10.2. The molecule has 2 aromatic rings. The van der Waals surface area contributed by atoms with Crippen LogP contribution in [0.5, 0.6) is 5.75 Å². The Kier molecular flexibility index (Phi) is 7.18. The van der Waals surface area contributed by atoms with E-state index in [9.17, 15) is 28.1 Å². The number of carbonyl (C=O) groups excluding carboxylic acids is 1. The molecule has 1 fully saturated rings. The predicted octanol–water partition coefficient (Wildman–Crippen LogP) is 3.27. The molecule has 8 nitrogen and oxygen atoms in total. The molecule has 0 atom stereocenters. The highest BCUT2D eigenvalue weighted by Gasteiger charge is 2.31. The van der Waals surface area contributed by atoms with Gasteiger partial charge < -0.3 is 14.5 Å². The van der Waals surface area contributed by atoms with Crippen LogP contribution in [0.25, 0.3) is 0 Å².